The minimum Gasteiger partial charge on any atom is -0.507 e. The molecule has 0 bridgehead atoms. The zero-order valence-corrected chi connectivity index (χ0v) is 17.2. The van der Waals surface area contributed by atoms with Crippen LogP contribution in [-0.4, -0.2) is 22.0 Å². The third kappa shape index (κ3) is 3.39. The molecule has 3 aromatic rings. The fourth-order valence-corrected chi connectivity index (χ4v) is 3.68. The van der Waals surface area contributed by atoms with E-state index in [4.69, 9.17) is 16.1 Å². The number of Topliss-reactive ketones (excluding diaryl/α,β-unsaturated/α-hetero) is 1. The Kier molecular flexibility index (Phi) is 5.18. The lowest BCUT2D eigenvalue weighted by Gasteiger charge is -2.23. The number of anilines is 1. The molecular formula is C23H19ClN2O4. The number of aliphatic hydroxyl groups is 1. The summed E-state index contributed by atoms with van der Waals surface area (Å²) in [6.07, 6.45) is 0.855. The number of ketones is 1. The molecule has 1 aromatic heterocycles. The summed E-state index contributed by atoms with van der Waals surface area (Å²) in [7, 11) is 0. The van der Waals surface area contributed by atoms with Gasteiger partial charge in [0.25, 0.3) is 5.78 Å². The quantitative estimate of drug-likeness (QED) is 0.370. The van der Waals surface area contributed by atoms with Crippen molar-refractivity contribution < 1.29 is 19.2 Å². The van der Waals surface area contributed by atoms with Crippen LogP contribution in [0.25, 0.3) is 5.76 Å². The Morgan fingerprint density at radius 3 is 2.37 bits per heavy atom. The molecule has 30 heavy (non-hydrogen) atoms. The minimum atomic E-state index is -0.837. The number of carbonyl (C=O) groups is 2. The first-order valence-electron chi connectivity index (χ1n) is 9.49. The Balaban J connectivity index is 1.92. The van der Waals surface area contributed by atoms with Crippen LogP contribution in [0.5, 0.6) is 0 Å². The lowest BCUT2D eigenvalue weighted by atomic mass is 9.94. The van der Waals surface area contributed by atoms with E-state index in [-0.39, 0.29) is 17.2 Å². The number of halogens is 1. The number of aromatic nitrogens is 1. The molecular weight excluding hydrogens is 404 g/mol. The highest BCUT2D eigenvalue weighted by atomic mass is 35.5. The Morgan fingerprint density at radius 2 is 1.80 bits per heavy atom. The van der Waals surface area contributed by atoms with Crippen molar-refractivity contribution in [2.75, 3.05) is 4.90 Å². The SMILES string of the molecule is CCc1ccc([C@@H]2C(=C(O)c3ccc(Cl)cc3)C(=O)C(=O)N2c2cc(C)on2)cc1. The van der Waals surface area contributed by atoms with Crippen LogP contribution in [0.1, 0.15) is 35.4 Å². The van der Waals surface area contributed by atoms with E-state index in [1.54, 1.807) is 37.3 Å². The minimum absolute atomic E-state index is 0.00720. The fraction of sp³-hybridized carbons (Fsp3) is 0.174. The van der Waals surface area contributed by atoms with Gasteiger partial charge in [-0.15, -0.1) is 0 Å². The van der Waals surface area contributed by atoms with Crippen molar-refractivity contribution in [1.29, 1.82) is 0 Å². The largest absolute Gasteiger partial charge is 0.507 e. The lowest BCUT2D eigenvalue weighted by Crippen LogP contribution is -2.29. The van der Waals surface area contributed by atoms with Gasteiger partial charge in [-0.1, -0.05) is 47.9 Å². The molecule has 1 amide bonds. The summed E-state index contributed by atoms with van der Waals surface area (Å²) in [6.45, 7) is 3.74. The molecule has 7 heteroatoms. The van der Waals surface area contributed by atoms with Crippen molar-refractivity contribution in [3.05, 3.63) is 87.6 Å². The predicted octanol–water partition coefficient (Wildman–Crippen LogP) is 4.83. The number of amides is 1. The molecule has 6 nitrogen and oxygen atoms in total. The van der Waals surface area contributed by atoms with E-state index in [1.807, 2.05) is 31.2 Å². The van der Waals surface area contributed by atoms with E-state index in [2.05, 4.69) is 5.16 Å². The molecule has 1 fully saturated rings. The van der Waals surface area contributed by atoms with Crippen LogP contribution in [0.15, 0.2) is 64.7 Å². The lowest BCUT2D eigenvalue weighted by molar-refractivity contribution is -0.132. The van der Waals surface area contributed by atoms with Crippen LogP contribution in [0, 0.1) is 6.92 Å². The molecule has 2 heterocycles. The van der Waals surface area contributed by atoms with Crippen LogP contribution in [0.3, 0.4) is 0 Å². The second-order valence-corrected chi connectivity index (χ2v) is 7.50. The smallest absolute Gasteiger partial charge is 0.301 e. The van der Waals surface area contributed by atoms with Gasteiger partial charge in [0, 0.05) is 16.7 Å². The van der Waals surface area contributed by atoms with Crippen LogP contribution in [0.2, 0.25) is 5.02 Å². The Morgan fingerprint density at radius 1 is 1.13 bits per heavy atom. The van der Waals surface area contributed by atoms with Gasteiger partial charge >= 0.3 is 5.91 Å². The number of nitrogens with zero attached hydrogens (tertiary/aromatic N) is 2. The Labute approximate surface area is 178 Å². The van der Waals surface area contributed by atoms with E-state index >= 15 is 0 Å². The molecule has 0 radical (unpaired) electrons. The molecule has 0 aliphatic carbocycles. The number of hydrogen-bond donors (Lipinski definition) is 1. The maximum Gasteiger partial charge on any atom is 0.301 e. The number of carbonyl (C=O) groups excluding carboxylic acids is 2. The number of aryl methyl sites for hydroxylation is 2. The molecule has 0 unspecified atom stereocenters. The molecule has 1 atom stereocenters. The highest BCUT2D eigenvalue weighted by Gasteiger charge is 2.48. The Hall–Kier alpha value is -3.38. The summed E-state index contributed by atoms with van der Waals surface area (Å²) in [6, 6.07) is 14.7. The van der Waals surface area contributed by atoms with Crippen molar-refractivity contribution in [2.45, 2.75) is 26.3 Å². The summed E-state index contributed by atoms with van der Waals surface area (Å²) in [4.78, 5) is 27.2. The molecule has 1 saturated heterocycles. The Bertz CT molecular complexity index is 1150. The average Bonchev–Trinajstić information content (AvgIpc) is 3.29. The van der Waals surface area contributed by atoms with E-state index in [0.717, 1.165) is 12.0 Å². The van der Waals surface area contributed by atoms with E-state index in [0.29, 0.717) is 21.9 Å². The van der Waals surface area contributed by atoms with Crippen LogP contribution in [0.4, 0.5) is 5.82 Å². The van der Waals surface area contributed by atoms with Gasteiger partial charge < -0.3 is 9.63 Å². The highest BCUT2D eigenvalue weighted by Crippen LogP contribution is 2.42. The summed E-state index contributed by atoms with van der Waals surface area (Å²) < 4.78 is 5.13. The fourth-order valence-electron chi connectivity index (χ4n) is 3.55. The maximum absolute atomic E-state index is 13.0. The van der Waals surface area contributed by atoms with Gasteiger partial charge in [0.15, 0.2) is 5.82 Å². The van der Waals surface area contributed by atoms with Crippen molar-refractivity contribution in [1.82, 2.24) is 5.16 Å². The maximum atomic E-state index is 13.0. The van der Waals surface area contributed by atoms with Gasteiger partial charge in [0.05, 0.1) is 11.6 Å². The zero-order valence-electron chi connectivity index (χ0n) is 16.4. The van der Waals surface area contributed by atoms with Crippen molar-refractivity contribution >= 4 is 34.9 Å². The van der Waals surface area contributed by atoms with Gasteiger partial charge in [0.1, 0.15) is 11.5 Å². The average molecular weight is 423 g/mol. The summed E-state index contributed by atoms with van der Waals surface area (Å²) in [5.74, 6) is -1.10. The topological polar surface area (TPSA) is 83.6 Å². The van der Waals surface area contributed by atoms with Crippen LogP contribution < -0.4 is 4.90 Å². The van der Waals surface area contributed by atoms with Crippen LogP contribution in [-0.2, 0) is 16.0 Å². The number of benzene rings is 2. The number of hydrogen-bond acceptors (Lipinski definition) is 5. The third-order valence-electron chi connectivity index (χ3n) is 5.13. The van der Waals surface area contributed by atoms with Crippen LogP contribution >= 0.6 is 11.6 Å². The van der Waals surface area contributed by atoms with Crippen molar-refractivity contribution in [3.63, 3.8) is 0 Å². The van der Waals surface area contributed by atoms with Gasteiger partial charge in [0.2, 0.25) is 0 Å². The van der Waals surface area contributed by atoms with Gasteiger partial charge in [-0.3, -0.25) is 14.5 Å². The number of rotatable bonds is 4. The summed E-state index contributed by atoms with van der Waals surface area (Å²) in [5, 5.41) is 15.4. The van der Waals surface area contributed by atoms with Crippen molar-refractivity contribution in [3.8, 4) is 0 Å². The molecule has 2 aromatic carbocycles. The molecule has 1 aliphatic rings. The highest BCUT2D eigenvalue weighted by molar-refractivity contribution is 6.51. The summed E-state index contributed by atoms with van der Waals surface area (Å²) >= 11 is 5.94. The molecule has 0 spiro atoms. The first kappa shape index (κ1) is 19.9. The van der Waals surface area contributed by atoms with E-state index in [9.17, 15) is 14.7 Å². The van der Waals surface area contributed by atoms with Gasteiger partial charge in [-0.05, 0) is 48.7 Å². The second-order valence-electron chi connectivity index (χ2n) is 7.07. The first-order valence-corrected chi connectivity index (χ1v) is 9.87. The van der Waals surface area contributed by atoms with Gasteiger partial charge in [-0.25, -0.2) is 0 Å². The molecule has 1 aliphatic heterocycles. The second kappa shape index (κ2) is 7.80. The standard InChI is InChI=1S/C23H19ClN2O4/c1-3-14-4-6-15(7-5-14)20-19(21(27)16-8-10-17(24)11-9-16)22(28)23(29)26(20)18-12-13(2)30-25-18/h4-12,20,27H,3H2,1-2H3/t20-/m1/s1. The monoisotopic (exact) mass is 422 g/mol. The normalized spacial score (nSPS) is 18.2. The number of aliphatic hydroxyl groups excluding tert-OH is 1. The van der Waals surface area contributed by atoms with E-state index < -0.39 is 17.7 Å². The molecule has 1 N–H and O–H groups in total. The first-order chi connectivity index (χ1) is 14.4. The predicted molar refractivity (Wildman–Crippen MR) is 113 cm³/mol. The van der Waals surface area contributed by atoms with Crippen molar-refractivity contribution in [2.24, 2.45) is 0 Å². The summed E-state index contributed by atoms with van der Waals surface area (Å²) in [5.41, 5.74) is 2.18. The molecule has 0 saturated carbocycles. The van der Waals surface area contributed by atoms with E-state index in [1.165, 1.54) is 4.90 Å². The molecule has 152 valence electrons. The van der Waals surface area contributed by atoms with Gasteiger partial charge in [-0.2, -0.15) is 0 Å². The molecule has 4 rings (SSSR count). The zero-order chi connectivity index (χ0) is 21.4. The third-order valence-corrected chi connectivity index (χ3v) is 5.38.